The average Bonchev–Trinajstić information content (AvgIpc) is 2.73. The fraction of sp³-hybridized carbons (Fsp3) is 0.417. The van der Waals surface area contributed by atoms with Gasteiger partial charge in [0.15, 0.2) is 5.16 Å². The molecule has 0 aliphatic carbocycles. The Hall–Kier alpha value is -1.60. The zero-order valence-electron chi connectivity index (χ0n) is 11.0. The van der Waals surface area contributed by atoms with E-state index in [1.807, 2.05) is 26.0 Å². The summed E-state index contributed by atoms with van der Waals surface area (Å²) in [5.74, 6) is 0. The Morgan fingerprint density at radius 3 is 2.89 bits per heavy atom. The fourth-order valence-electron chi connectivity index (χ4n) is 1.63. The number of aromatic nitrogens is 4. The largest absolute Gasteiger partial charge is 0.343 e. The molecule has 0 radical (unpaired) electrons. The van der Waals surface area contributed by atoms with Crippen molar-refractivity contribution in [3.8, 4) is 0 Å². The lowest BCUT2D eigenvalue weighted by molar-refractivity contribution is 0.604. The molecule has 0 amide bonds. The summed E-state index contributed by atoms with van der Waals surface area (Å²) in [4.78, 5) is 16.8. The molecular formula is C12H17N5OS. The van der Waals surface area contributed by atoms with Crippen molar-refractivity contribution >= 4 is 11.8 Å². The van der Waals surface area contributed by atoms with E-state index in [1.165, 1.54) is 11.8 Å². The van der Waals surface area contributed by atoms with Gasteiger partial charge < -0.3 is 5.73 Å². The Balaban J connectivity index is 2.19. The lowest BCUT2D eigenvalue weighted by Crippen LogP contribution is -2.17. The van der Waals surface area contributed by atoms with Crippen molar-refractivity contribution in [3.63, 3.8) is 0 Å². The minimum atomic E-state index is -0.176. The maximum atomic E-state index is 11.6. The molecule has 2 aromatic heterocycles. The predicted octanol–water partition coefficient (Wildman–Crippen LogP) is 1.55. The first-order valence-corrected chi connectivity index (χ1v) is 6.98. The molecule has 0 aliphatic rings. The smallest absolute Gasteiger partial charge is 0.323 e. The van der Waals surface area contributed by atoms with E-state index in [1.54, 1.807) is 10.8 Å². The van der Waals surface area contributed by atoms with Crippen molar-refractivity contribution in [1.29, 1.82) is 0 Å². The molecule has 3 N–H and O–H groups in total. The van der Waals surface area contributed by atoms with Crippen LogP contribution in [0.4, 0.5) is 0 Å². The van der Waals surface area contributed by atoms with E-state index in [0.717, 1.165) is 17.0 Å². The number of nitrogens with two attached hydrogens (primary N) is 1. The van der Waals surface area contributed by atoms with Crippen LogP contribution in [0.2, 0.25) is 0 Å². The molecule has 19 heavy (non-hydrogen) atoms. The highest BCUT2D eigenvalue weighted by atomic mass is 32.2. The van der Waals surface area contributed by atoms with Crippen LogP contribution >= 0.6 is 11.8 Å². The van der Waals surface area contributed by atoms with Gasteiger partial charge in [-0.3, -0.25) is 9.55 Å². The summed E-state index contributed by atoms with van der Waals surface area (Å²) >= 11 is 1.41. The molecule has 2 aromatic rings. The predicted molar refractivity (Wildman–Crippen MR) is 74.1 cm³/mol. The highest BCUT2D eigenvalue weighted by molar-refractivity contribution is 7.99. The summed E-state index contributed by atoms with van der Waals surface area (Å²) < 4.78 is 1.63. The van der Waals surface area contributed by atoms with Gasteiger partial charge in [0.2, 0.25) is 0 Å². The van der Waals surface area contributed by atoms with Crippen molar-refractivity contribution in [2.75, 3.05) is 0 Å². The number of H-pyrrole nitrogens is 1. The summed E-state index contributed by atoms with van der Waals surface area (Å²) in [5, 5.41) is 7.15. The van der Waals surface area contributed by atoms with Crippen LogP contribution < -0.4 is 11.4 Å². The number of hydrogen-bond acceptors (Lipinski definition) is 5. The zero-order chi connectivity index (χ0) is 13.8. The Morgan fingerprint density at radius 1 is 1.53 bits per heavy atom. The third-order valence-corrected chi connectivity index (χ3v) is 3.58. The third-order valence-electron chi connectivity index (χ3n) is 2.61. The number of pyridine rings is 1. The summed E-state index contributed by atoms with van der Waals surface area (Å²) in [6, 6.07) is 3.75. The van der Waals surface area contributed by atoms with Gasteiger partial charge >= 0.3 is 5.69 Å². The molecule has 0 saturated heterocycles. The molecule has 1 atom stereocenters. The second-order valence-corrected chi connectivity index (χ2v) is 5.31. The first-order valence-electron chi connectivity index (χ1n) is 6.16. The Morgan fingerprint density at radius 2 is 2.32 bits per heavy atom. The number of rotatable bonds is 5. The van der Waals surface area contributed by atoms with E-state index < -0.39 is 0 Å². The Bertz CT molecular complexity index is 587. The minimum absolute atomic E-state index is 0.0808. The zero-order valence-corrected chi connectivity index (χ0v) is 11.8. The molecule has 102 valence electrons. The van der Waals surface area contributed by atoms with Crippen molar-refractivity contribution in [2.45, 2.75) is 42.9 Å². The van der Waals surface area contributed by atoms with Crippen LogP contribution in [0.3, 0.4) is 0 Å². The van der Waals surface area contributed by atoms with E-state index >= 15 is 0 Å². The van der Waals surface area contributed by atoms with Gasteiger partial charge in [-0.25, -0.2) is 9.89 Å². The quantitative estimate of drug-likeness (QED) is 0.866. The van der Waals surface area contributed by atoms with Gasteiger partial charge in [0.1, 0.15) is 0 Å². The van der Waals surface area contributed by atoms with Crippen LogP contribution in [0.5, 0.6) is 0 Å². The maximum Gasteiger partial charge on any atom is 0.343 e. The normalized spacial score (nSPS) is 12.6. The van der Waals surface area contributed by atoms with Gasteiger partial charge in [0, 0.05) is 23.7 Å². The molecule has 0 bridgehead atoms. The molecule has 0 saturated carbocycles. The van der Waals surface area contributed by atoms with E-state index in [9.17, 15) is 4.79 Å². The second-order valence-electron chi connectivity index (χ2n) is 4.27. The lowest BCUT2D eigenvalue weighted by atomic mass is 10.2. The van der Waals surface area contributed by atoms with Gasteiger partial charge in [-0.2, -0.15) is 0 Å². The van der Waals surface area contributed by atoms with Crippen LogP contribution in [-0.4, -0.2) is 19.7 Å². The summed E-state index contributed by atoms with van der Waals surface area (Å²) in [6.07, 6.45) is 2.63. The lowest BCUT2D eigenvalue weighted by Gasteiger charge is -2.06. The molecule has 0 fully saturated rings. The number of aromatic amines is 1. The standard InChI is InChI=1S/C12H17N5OS/c1-3-6-17-11(18)15-16-12(17)19-9-4-5-10(8(2)13)14-7-9/h4-5,7-8H,3,6,13H2,1-2H3,(H,15,18)/t8-/m0/s1. The summed E-state index contributed by atoms with van der Waals surface area (Å²) in [7, 11) is 0. The first kappa shape index (κ1) is 13.8. The van der Waals surface area contributed by atoms with Crippen molar-refractivity contribution < 1.29 is 0 Å². The monoisotopic (exact) mass is 279 g/mol. The minimum Gasteiger partial charge on any atom is -0.323 e. The van der Waals surface area contributed by atoms with Crippen LogP contribution in [0.25, 0.3) is 0 Å². The van der Waals surface area contributed by atoms with Crippen LogP contribution in [0.15, 0.2) is 33.2 Å². The van der Waals surface area contributed by atoms with Crippen molar-refractivity contribution in [2.24, 2.45) is 5.73 Å². The Kier molecular flexibility index (Phi) is 4.39. The SMILES string of the molecule is CCCn1c(Sc2ccc([C@H](C)N)nc2)n[nH]c1=O. The average molecular weight is 279 g/mol. The van der Waals surface area contributed by atoms with Gasteiger partial charge in [-0.1, -0.05) is 6.92 Å². The first-order chi connectivity index (χ1) is 9.11. The molecule has 0 aromatic carbocycles. The maximum absolute atomic E-state index is 11.6. The Labute approximate surface area is 115 Å². The molecule has 2 rings (SSSR count). The summed E-state index contributed by atoms with van der Waals surface area (Å²) in [6.45, 7) is 4.57. The fourth-order valence-corrected chi connectivity index (χ4v) is 2.46. The van der Waals surface area contributed by atoms with Crippen LogP contribution in [0.1, 0.15) is 32.0 Å². The number of nitrogens with one attached hydrogen (secondary N) is 1. The topological polar surface area (TPSA) is 89.6 Å². The molecule has 0 aliphatic heterocycles. The molecule has 2 heterocycles. The second kappa shape index (κ2) is 6.03. The van der Waals surface area contributed by atoms with Crippen LogP contribution in [-0.2, 0) is 6.54 Å². The number of nitrogens with zero attached hydrogens (tertiary/aromatic N) is 3. The highest BCUT2D eigenvalue weighted by Gasteiger charge is 2.09. The third kappa shape index (κ3) is 3.24. The summed E-state index contributed by atoms with van der Waals surface area (Å²) in [5.41, 5.74) is 6.42. The molecular weight excluding hydrogens is 262 g/mol. The van der Waals surface area contributed by atoms with Crippen molar-refractivity contribution in [3.05, 3.63) is 34.5 Å². The van der Waals surface area contributed by atoms with Gasteiger partial charge in [-0.05, 0) is 37.2 Å². The number of hydrogen-bond donors (Lipinski definition) is 2. The van der Waals surface area contributed by atoms with Crippen LogP contribution in [0, 0.1) is 0 Å². The molecule has 0 unspecified atom stereocenters. The van der Waals surface area contributed by atoms with E-state index in [4.69, 9.17) is 5.73 Å². The van der Waals surface area contributed by atoms with Gasteiger partial charge in [0.05, 0.1) is 5.69 Å². The van der Waals surface area contributed by atoms with E-state index in [0.29, 0.717) is 11.7 Å². The molecule has 6 nitrogen and oxygen atoms in total. The van der Waals surface area contributed by atoms with Gasteiger partial charge in [0.25, 0.3) is 0 Å². The van der Waals surface area contributed by atoms with Gasteiger partial charge in [-0.15, -0.1) is 5.10 Å². The van der Waals surface area contributed by atoms with E-state index in [-0.39, 0.29) is 11.7 Å². The molecule has 0 spiro atoms. The van der Waals surface area contributed by atoms with E-state index in [2.05, 4.69) is 15.2 Å². The highest BCUT2D eigenvalue weighted by Crippen LogP contribution is 2.24. The van der Waals surface area contributed by atoms with Crippen molar-refractivity contribution in [1.82, 2.24) is 19.7 Å². The molecule has 7 heteroatoms.